The highest BCUT2D eigenvalue weighted by molar-refractivity contribution is 5.88. The predicted octanol–water partition coefficient (Wildman–Crippen LogP) is 2.65. The number of fused-ring (bicyclic) bond motifs is 3. The fourth-order valence-electron chi connectivity index (χ4n) is 4.69. The Morgan fingerprint density at radius 1 is 1.03 bits per heavy atom. The molecule has 174 valence electrons. The van der Waals surface area contributed by atoms with E-state index < -0.39 is 36.0 Å². The van der Waals surface area contributed by atoms with Crippen molar-refractivity contribution in [2.45, 2.75) is 43.7 Å². The summed E-state index contributed by atoms with van der Waals surface area (Å²) in [7, 11) is 0. The van der Waals surface area contributed by atoms with Crippen LogP contribution in [0, 0.1) is 5.92 Å². The molecule has 2 aromatic rings. The third-order valence-corrected chi connectivity index (χ3v) is 6.66. The van der Waals surface area contributed by atoms with Crippen molar-refractivity contribution in [3.63, 3.8) is 0 Å². The van der Waals surface area contributed by atoms with Crippen LogP contribution in [0.3, 0.4) is 0 Å². The van der Waals surface area contributed by atoms with Crippen LogP contribution in [-0.2, 0) is 14.3 Å². The minimum Gasteiger partial charge on any atom is -0.479 e. The Labute approximate surface area is 192 Å². The maximum atomic E-state index is 12.5. The molecule has 0 saturated heterocycles. The first-order valence-electron chi connectivity index (χ1n) is 11.1. The largest absolute Gasteiger partial charge is 0.479 e. The van der Waals surface area contributed by atoms with E-state index in [0.29, 0.717) is 19.3 Å². The zero-order chi connectivity index (χ0) is 23.6. The minimum atomic E-state index is -1.73. The van der Waals surface area contributed by atoms with Crippen molar-refractivity contribution in [3.05, 3.63) is 59.7 Å². The first kappa shape index (κ1) is 22.8. The van der Waals surface area contributed by atoms with Crippen LogP contribution < -0.4 is 10.6 Å². The molecule has 1 saturated carbocycles. The molecule has 0 aromatic heterocycles. The lowest BCUT2D eigenvalue weighted by molar-refractivity contribution is -0.149. The summed E-state index contributed by atoms with van der Waals surface area (Å²) in [5.74, 6) is -2.21. The van der Waals surface area contributed by atoms with Crippen molar-refractivity contribution in [3.8, 4) is 11.1 Å². The molecular formula is C25H28N2O6. The topological polar surface area (TPSA) is 125 Å². The fraction of sp³-hybridized carbons (Fsp3) is 0.400. The number of hydrogen-bond acceptors (Lipinski definition) is 5. The Kier molecular flexibility index (Phi) is 6.37. The smallest absolute Gasteiger partial charge is 0.407 e. The number of nitrogens with one attached hydrogen (secondary N) is 2. The van der Waals surface area contributed by atoms with Crippen LogP contribution in [-0.4, -0.2) is 53.0 Å². The number of amides is 2. The van der Waals surface area contributed by atoms with Gasteiger partial charge in [0, 0.05) is 17.9 Å². The molecule has 2 amide bonds. The van der Waals surface area contributed by atoms with Crippen molar-refractivity contribution in [2.24, 2.45) is 5.92 Å². The summed E-state index contributed by atoms with van der Waals surface area (Å²) in [4.78, 5) is 36.2. The number of hydrogen-bond donors (Lipinski definition) is 4. The number of carboxylic acid groups (broad SMARTS) is 1. The molecule has 0 bridgehead atoms. The molecule has 33 heavy (non-hydrogen) atoms. The van der Waals surface area contributed by atoms with Gasteiger partial charge >= 0.3 is 12.1 Å². The number of carbonyl (C=O) groups excluding carboxylic acids is 2. The average molecular weight is 453 g/mol. The van der Waals surface area contributed by atoms with Gasteiger partial charge in [-0.05, 0) is 48.4 Å². The molecule has 1 fully saturated rings. The number of alkyl carbamates (subject to hydrolysis) is 1. The molecule has 3 atom stereocenters. The monoisotopic (exact) mass is 452 g/mol. The number of benzene rings is 2. The van der Waals surface area contributed by atoms with Gasteiger partial charge in [-0.25, -0.2) is 9.59 Å². The molecule has 0 aliphatic heterocycles. The third kappa shape index (κ3) is 4.57. The van der Waals surface area contributed by atoms with Gasteiger partial charge in [0.25, 0.3) is 0 Å². The summed E-state index contributed by atoms with van der Waals surface area (Å²) in [6, 6.07) is 16.0. The Morgan fingerprint density at radius 2 is 1.64 bits per heavy atom. The van der Waals surface area contributed by atoms with Crippen molar-refractivity contribution in [1.82, 2.24) is 10.6 Å². The van der Waals surface area contributed by atoms with Gasteiger partial charge in [0.1, 0.15) is 6.61 Å². The normalized spacial score (nSPS) is 20.9. The van der Waals surface area contributed by atoms with E-state index in [1.165, 1.54) is 6.92 Å². The molecule has 2 aliphatic carbocycles. The van der Waals surface area contributed by atoms with Crippen LogP contribution in [0.5, 0.6) is 0 Å². The second kappa shape index (κ2) is 9.23. The van der Waals surface area contributed by atoms with Gasteiger partial charge in [-0.1, -0.05) is 48.5 Å². The van der Waals surface area contributed by atoms with E-state index in [4.69, 9.17) is 4.74 Å². The van der Waals surface area contributed by atoms with Crippen LogP contribution in [0.25, 0.3) is 11.1 Å². The zero-order valence-corrected chi connectivity index (χ0v) is 18.4. The quantitative estimate of drug-likeness (QED) is 0.512. The Balaban J connectivity index is 1.31. The summed E-state index contributed by atoms with van der Waals surface area (Å²) in [6.45, 7) is 0.765. The van der Waals surface area contributed by atoms with E-state index in [0.717, 1.165) is 22.3 Å². The number of aliphatic hydroxyl groups excluding tert-OH is 1. The number of aliphatic carboxylic acids is 1. The van der Waals surface area contributed by atoms with Crippen LogP contribution in [0.4, 0.5) is 4.79 Å². The Morgan fingerprint density at radius 3 is 2.21 bits per heavy atom. The highest BCUT2D eigenvalue weighted by Crippen LogP contribution is 2.44. The van der Waals surface area contributed by atoms with Gasteiger partial charge in [-0.3, -0.25) is 4.79 Å². The lowest BCUT2D eigenvalue weighted by atomic mass is 9.98. The van der Waals surface area contributed by atoms with E-state index >= 15 is 0 Å². The summed E-state index contributed by atoms with van der Waals surface area (Å²) < 4.78 is 5.57. The maximum Gasteiger partial charge on any atom is 0.407 e. The molecule has 2 aliphatic rings. The number of rotatable bonds is 7. The number of carboxylic acids is 1. The Hall–Kier alpha value is -3.39. The number of ether oxygens (including phenoxy) is 1. The highest BCUT2D eigenvalue weighted by atomic mass is 16.5. The van der Waals surface area contributed by atoms with Crippen molar-refractivity contribution >= 4 is 18.0 Å². The lowest BCUT2D eigenvalue weighted by Crippen LogP contribution is -2.56. The first-order valence-corrected chi connectivity index (χ1v) is 11.1. The molecule has 4 rings (SSSR count). The predicted molar refractivity (Wildman–Crippen MR) is 121 cm³/mol. The summed E-state index contributed by atoms with van der Waals surface area (Å²) in [5.41, 5.74) is 2.85. The zero-order valence-electron chi connectivity index (χ0n) is 18.4. The van der Waals surface area contributed by atoms with Crippen LogP contribution in [0.2, 0.25) is 0 Å². The van der Waals surface area contributed by atoms with E-state index in [-0.39, 0.29) is 18.6 Å². The average Bonchev–Trinajstić information content (AvgIpc) is 3.40. The summed E-state index contributed by atoms with van der Waals surface area (Å²) >= 11 is 0. The van der Waals surface area contributed by atoms with Crippen molar-refractivity contribution in [2.75, 3.05) is 13.2 Å². The van der Waals surface area contributed by atoms with Crippen molar-refractivity contribution in [1.29, 1.82) is 0 Å². The van der Waals surface area contributed by atoms with Crippen molar-refractivity contribution < 1.29 is 29.3 Å². The Bertz CT molecular complexity index is 1020. The van der Waals surface area contributed by atoms with Crippen LogP contribution >= 0.6 is 0 Å². The van der Waals surface area contributed by atoms with Crippen LogP contribution in [0.1, 0.15) is 43.2 Å². The van der Waals surface area contributed by atoms with E-state index in [2.05, 4.69) is 34.9 Å². The lowest BCUT2D eigenvalue weighted by Gasteiger charge is -2.25. The van der Waals surface area contributed by atoms with E-state index in [1.807, 2.05) is 24.3 Å². The highest BCUT2D eigenvalue weighted by Gasteiger charge is 2.39. The molecule has 0 spiro atoms. The molecule has 8 nitrogen and oxygen atoms in total. The number of carbonyl (C=O) groups is 3. The van der Waals surface area contributed by atoms with Gasteiger partial charge in [0.2, 0.25) is 5.91 Å². The standard InChI is InChI=1S/C25H28N2O6/c1-25(14-28,23(30)31)27-22(29)15-10-11-16(12-15)26-24(32)33-13-21-19-8-4-2-6-17(19)18-7-3-5-9-20(18)21/h2-9,15-16,21,28H,10-14H2,1H3,(H,26,32)(H,27,29)(H,30,31)/t15-,16+,25?/m1/s1. The molecular weight excluding hydrogens is 424 g/mol. The molecule has 8 heteroatoms. The van der Waals surface area contributed by atoms with Gasteiger partial charge < -0.3 is 25.6 Å². The first-order chi connectivity index (χ1) is 15.8. The van der Waals surface area contributed by atoms with E-state index in [1.54, 1.807) is 0 Å². The van der Waals surface area contributed by atoms with Gasteiger partial charge in [-0.15, -0.1) is 0 Å². The summed E-state index contributed by atoms with van der Waals surface area (Å²) in [6.07, 6.45) is 0.956. The summed E-state index contributed by atoms with van der Waals surface area (Å²) in [5, 5.41) is 23.8. The molecule has 0 heterocycles. The van der Waals surface area contributed by atoms with E-state index in [9.17, 15) is 24.6 Å². The second-order valence-corrected chi connectivity index (χ2v) is 8.96. The van der Waals surface area contributed by atoms with Crippen LogP contribution in [0.15, 0.2) is 48.5 Å². The molecule has 2 aromatic carbocycles. The molecule has 1 unspecified atom stereocenters. The van der Waals surface area contributed by atoms with Gasteiger partial charge in [-0.2, -0.15) is 0 Å². The van der Waals surface area contributed by atoms with Gasteiger partial charge in [0.15, 0.2) is 5.54 Å². The SMILES string of the molecule is CC(CO)(NC(=O)[C@@H]1CC[C@H](NC(=O)OCC2c3ccccc3-c3ccccc32)C1)C(=O)O. The molecule has 4 N–H and O–H groups in total. The maximum absolute atomic E-state index is 12.5. The van der Waals surface area contributed by atoms with Gasteiger partial charge in [0.05, 0.1) is 6.61 Å². The number of aliphatic hydroxyl groups is 1. The molecule has 0 radical (unpaired) electrons. The third-order valence-electron chi connectivity index (χ3n) is 6.66. The second-order valence-electron chi connectivity index (χ2n) is 8.96. The fourth-order valence-corrected chi connectivity index (χ4v) is 4.69. The minimum absolute atomic E-state index is 0.0302.